The van der Waals surface area contributed by atoms with Gasteiger partial charge in [-0.2, -0.15) is 0 Å². The Hall–Kier alpha value is -2.82. The molecule has 2 heterocycles. The minimum absolute atomic E-state index is 0.0887. The van der Waals surface area contributed by atoms with Crippen molar-refractivity contribution in [1.82, 2.24) is 9.88 Å². The van der Waals surface area contributed by atoms with Crippen LogP contribution >= 0.6 is 0 Å². The summed E-state index contributed by atoms with van der Waals surface area (Å²) in [6.07, 6.45) is -0.345. The van der Waals surface area contributed by atoms with Crippen LogP contribution in [-0.2, 0) is 19.0 Å². The van der Waals surface area contributed by atoms with E-state index in [0.29, 0.717) is 47.8 Å². The molecule has 1 aromatic carbocycles. The first-order valence-corrected chi connectivity index (χ1v) is 9.63. The fourth-order valence-corrected chi connectivity index (χ4v) is 3.26. The van der Waals surface area contributed by atoms with E-state index in [1.54, 1.807) is 31.0 Å². The van der Waals surface area contributed by atoms with Gasteiger partial charge in [0.05, 0.1) is 51.8 Å². The molecular formula is C20H27N3O7. The van der Waals surface area contributed by atoms with Crippen LogP contribution in [-0.4, -0.2) is 82.2 Å². The van der Waals surface area contributed by atoms with Crippen molar-refractivity contribution in [2.45, 2.75) is 13.2 Å². The molecule has 0 atom stereocenters. The quantitative estimate of drug-likeness (QED) is 0.588. The van der Waals surface area contributed by atoms with Crippen molar-refractivity contribution in [3.63, 3.8) is 0 Å². The summed E-state index contributed by atoms with van der Waals surface area (Å²) in [5.74, 6) is 0.109. The van der Waals surface area contributed by atoms with Crippen LogP contribution in [0, 0.1) is 0 Å². The Balaban J connectivity index is 1.86. The molecule has 1 saturated heterocycles. The molecule has 10 nitrogen and oxygen atoms in total. The number of hydrogen-bond acceptors (Lipinski definition) is 8. The van der Waals surface area contributed by atoms with Crippen LogP contribution in [0.2, 0.25) is 0 Å². The predicted octanol–water partition coefficient (Wildman–Crippen LogP) is 1.60. The molecule has 1 amide bonds. The molecule has 30 heavy (non-hydrogen) atoms. The maximum absolute atomic E-state index is 12.7. The van der Waals surface area contributed by atoms with Crippen LogP contribution in [0.5, 0.6) is 11.5 Å². The van der Waals surface area contributed by atoms with E-state index in [2.05, 4.69) is 10.3 Å². The number of aromatic nitrogens is 1. The lowest BCUT2D eigenvalue weighted by atomic mass is 10.2. The third-order valence-corrected chi connectivity index (χ3v) is 4.61. The highest BCUT2D eigenvalue weighted by Crippen LogP contribution is 2.37. The number of H-pyrrole nitrogens is 1. The highest BCUT2D eigenvalue weighted by molar-refractivity contribution is 6.11. The monoisotopic (exact) mass is 421 g/mol. The highest BCUT2D eigenvalue weighted by atomic mass is 16.7. The van der Waals surface area contributed by atoms with E-state index in [4.69, 9.17) is 23.7 Å². The van der Waals surface area contributed by atoms with Gasteiger partial charge in [-0.15, -0.1) is 0 Å². The van der Waals surface area contributed by atoms with E-state index in [0.717, 1.165) is 0 Å². The number of amides is 1. The number of aromatic amines is 1. The van der Waals surface area contributed by atoms with E-state index in [9.17, 15) is 9.59 Å². The second-order valence-corrected chi connectivity index (χ2v) is 6.76. The number of fused-ring (bicyclic) bond motifs is 1. The van der Waals surface area contributed by atoms with Crippen molar-refractivity contribution < 1.29 is 33.3 Å². The molecule has 0 unspecified atom stereocenters. The molecule has 2 N–H and O–H groups in total. The molecule has 10 heteroatoms. The fourth-order valence-electron chi connectivity index (χ4n) is 3.26. The normalized spacial score (nSPS) is 14.3. The second kappa shape index (κ2) is 9.79. The Morgan fingerprint density at radius 2 is 1.87 bits per heavy atom. The van der Waals surface area contributed by atoms with E-state index < -0.39 is 5.97 Å². The van der Waals surface area contributed by atoms with Gasteiger partial charge in [-0.1, -0.05) is 0 Å². The molecule has 1 aliphatic heterocycles. The maximum Gasteiger partial charge on any atom is 0.356 e. The van der Waals surface area contributed by atoms with Gasteiger partial charge in [0.2, 0.25) is 5.91 Å². The van der Waals surface area contributed by atoms with Crippen molar-refractivity contribution in [3.8, 4) is 11.5 Å². The largest absolute Gasteiger partial charge is 0.493 e. The SMILES string of the molecule is CCOC(=O)c1[nH]c2cc(OC)c(OC)cc2c1NC(=O)CN(C)CC1OCCO1. The zero-order valence-corrected chi connectivity index (χ0v) is 17.6. The third-order valence-electron chi connectivity index (χ3n) is 4.61. The number of likely N-dealkylation sites (N-methyl/N-ethyl adjacent to an activating group) is 1. The van der Waals surface area contributed by atoms with Crippen LogP contribution in [0.3, 0.4) is 0 Å². The number of ether oxygens (including phenoxy) is 5. The number of carbonyl (C=O) groups excluding carboxylic acids is 2. The lowest BCUT2D eigenvalue weighted by Gasteiger charge is -2.19. The average molecular weight is 421 g/mol. The van der Waals surface area contributed by atoms with Crippen LogP contribution < -0.4 is 14.8 Å². The van der Waals surface area contributed by atoms with Crippen molar-refractivity contribution >= 4 is 28.5 Å². The van der Waals surface area contributed by atoms with Gasteiger partial charge in [0.15, 0.2) is 17.8 Å². The van der Waals surface area contributed by atoms with Crippen molar-refractivity contribution in [3.05, 3.63) is 17.8 Å². The molecule has 1 fully saturated rings. The zero-order chi connectivity index (χ0) is 21.7. The molecular weight excluding hydrogens is 394 g/mol. The van der Waals surface area contributed by atoms with Gasteiger partial charge in [0.25, 0.3) is 0 Å². The number of benzene rings is 1. The van der Waals surface area contributed by atoms with E-state index in [1.807, 2.05) is 0 Å². The summed E-state index contributed by atoms with van der Waals surface area (Å²) >= 11 is 0. The number of nitrogens with zero attached hydrogens (tertiary/aromatic N) is 1. The smallest absolute Gasteiger partial charge is 0.356 e. The van der Waals surface area contributed by atoms with Crippen LogP contribution in [0.1, 0.15) is 17.4 Å². The lowest BCUT2D eigenvalue weighted by molar-refractivity contribution is -0.118. The van der Waals surface area contributed by atoms with Gasteiger partial charge in [-0.25, -0.2) is 4.79 Å². The zero-order valence-electron chi connectivity index (χ0n) is 17.6. The molecule has 1 aromatic heterocycles. The summed E-state index contributed by atoms with van der Waals surface area (Å²) in [5.41, 5.74) is 1.09. The first-order valence-electron chi connectivity index (χ1n) is 9.63. The van der Waals surface area contributed by atoms with E-state index in [-0.39, 0.29) is 31.0 Å². The van der Waals surface area contributed by atoms with Crippen molar-refractivity contribution in [2.75, 3.05) is 59.5 Å². The molecule has 0 bridgehead atoms. The topological polar surface area (TPSA) is 111 Å². The Bertz CT molecular complexity index is 905. The Kier molecular flexibility index (Phi) is 7.14. The highest BCUT2D eigenvalue weighted by Gasteiger charge is 2.24. The van der Waals surface area contributed by atoms with Crippen LogP contribution in [0.15, 0.2) is 12.1 Å². The van der Waals surface area contributed by atoms with Gasteiger partial charge in [-0.05, 0) is 20.0 Å². The van der Waals surface area contributed by atoms with Crippen LogP contribution in [0.25, 0.3) is 10.9 Å². The number of rotatable bonds is 9. The number of nitrogens with one attached hydrogen (secondary N) is 2. The summed E-state index contributed by atoms with van der Waals surface area (Å²) in [6.45, 7) is 3.57. The number of methoxy groups -OCH3 is 2. The van der Waals surface area contributed by atoms with E-state index in [1.165, 1.54) is 14.2 Å². The molecule has 1 aliphatic rings. The molecule has 0 radical (unpaired) electrons. The summed E-state index contributed by atoms with van der Waals surface area (Å²) < 4.78 is 26.6. The fraction of sp³-hybridized carbons (Fsp3) is 0.500. The van der Waals surface area contributed by atoms with Gasteiger partial charge in [0, 0.05) is 18.0 Å². The Labute approximate surface area is 174 Å². The second-order valence-electron chi connectivity index (χ2n) is 6.76. The maximum atomic E-state index is 12.7. The van der Waals surface area contributed by atoms with E-state index >= 15 is 0 Å². The summed E-state index contributed by atoms with van der Waals surface area (Å²) in [5, 5.41) is 3.43. The number of anilines is 1. The molecule has 0 saturated carbocycles. The molecule has 0 spiro atoms. The predicted molar refractivity (Wildman–Crippen MR) is 109 cm³/mol. The Morgan fingerprint density at radius 1 is 1.20 bits per heavy atom. The third kappa shape index (κ3) is 4.84. The molecule has 0 aliphatic carbocycles. The Morgan fingerprint density at radius 3 is 2.50 bits per heavy atom. The van der Waals surface area contributed by atoms with Crippen molar-refractivity contribution in [1.29, 1.82) is 0 Å². The minimum atomic E-state index is -0.567. The standard InChI is InChI=1S/C20H27N3O7/c1-5-28-20(25)19-18(12-8-14(26-3)15(27-4)9-13(12)21-19)22-16(24)10-23(2)11-17-29-6-7-30-17/h8-9,17,21H,5-7,10-11H2,1-4H3,(H,22,24). The number of hydrogen-bond donors (Lipinski definition) is 2. The van der Waals surface area contributed by atoms with Crippen LogP contribution in [0.4, 0.5) is 5.69 Å². The van der Waals surface area contributed by atoms with Gasteiger partial charge in [-0.3, -0.25) is 9.69 Å². The van der Waals surface area contributed by atoms with Gasteiger partial charge < -0.3 is 34.0 Å². The number of carbonyl (C=O) groups is 2. The van der Waals surface area contributed by atoms with Gasteiger partial charge >= 0.3 is 5.97 Å². The molecule has 164 valence electrons. The van der Waals surface area contributed by atoms with Gasteiger partial charge in [0.1, 0.15) is 5.69 Å². The van der Waals surface area contributed by atoms with Crippen molar-refractivity contribution in [2.24, 2.45) is 0 Å². The lowest BCUT2D eigenvalue weighted by Crippen LogP contribution is -2.36. The average Bonchev–Trinajstić information content (AvgIpc) is 3.34. The minimum Gasteiger partial charge on any atom is -0.493 e. The summed E-state index contributed by atoms with van der Waals surface area (Å²) in [7, 11) is 4.83. The number of esters is 1. The summed E-state index contributed by atoms with van der Waals surface area (Å²) in [6, 6.07) is 3.40. The molecule has 3 rings (SSSR count). The first-order chi connectivity index (χ1) is 14.5. The first kappa shape index (κ1) is 21.9. The summed E-state index contributed by atoms with van der Waals surface area (Å²) in [4.78, 5) is 30.0. The molecule has 2 aromatic rings.